The second kappa shape index (κ2) is 9.03. The highest BCUT2D eigenvalue weighted by molar-refractivity contribution is 5.89. The van der Waals surface area contributed by atoms with Gasteiger partial charge in [0.25, 0.3) is 5.91 Å². The normalized spacial score (nSPS) is 15.8. The second-order valence-electron chi connectivity index (χ2n) is 6.43. The SMILES string of the molecule is COc1cccc(/C=C/C(=O)OCC(=O)N[C@@H]2CCCc3ccccc32)c1. The Morgan fingerprint density at radius 2 is 2.04 bits per heavy atom. The van der Waals surface area contributed by atoms with E-state index in [2.05, 4.69) is 11.4 Å². The van der Waals surface area contributed by atoms with Crippen LogP contribution >= 0.6 is 0 Å². The largest absolute Gasteiger partial charge is 0.497 e. The van der Waals surface area contributed by atoms with Gasteiger partial charge in [-0.15, -0.1) is 0 Å². The van der Waals surface area contributed by atoms with Crippen molar-refractivity contribution in [2.24, 2.45) is 0 Å². The van der Waals surface area contributed by atoms with E-state index in [9.17, 15) is 9.59 Å². The molecule has 1 atom stereocenters. The summed E-state index contributed by atoms with van der Waals surface area (Å²) in [7, 11) is 1.58. The monoisotopic (exact) mass is 365 g/mol. The highest BCUT2D eigenvalue weighted by atomic mass is 16.5. The average molecular weight is 365 g/mol. The van der Waals surface area contributed by atoms with Gasteiger partial charge in [-0.25, -0.2) is 4.79 Å². The van der Waals surface area contributed by atoms with Crippen molar-refractivity contribution in [2.75, 3.05) is 13.7 Å². The van der Waals surface area contributed by atoms with Gasteiger partial charge in [-0.2, -0.15) is 0 Å². The Labute approximate surface area is 159 Å². The maximum absolute atomic E-state index is 12.2. The lowest BCUT2D eigenvalue weighted by atomic mass is 9.88. The first-order valence-electron chi connectivity index (χ1n) is 9.02. The van der Waals surface area contributed by atoms with Gasteiger partial charge in [0.2, 0.25) is 0 Å². The molecule has 1 amide bonds. The van der Waals surface area contributed by atoms with Gasteiger partial charge in [-0.05, 0) is 54.2 Å². The number of amides is 1. The van der Waals surface area contributed by atoms with Crippen LogP contribution in [0.3, 0.4) is 0 Å². The van der Waals surface area contributed by atoms with Gasteiger partial charge >= 0.3 is 5.97 Å². The Kier molecular flexibility index (Phi) is 6.26. The molecule has 1 aliphatic rings. The van der Waals surface area contributed by atoms with E-state index in [-0.39, 0.29) is 18.6 Å². The highest BCUT2D eigenvalue weighted by Gasteiger charge is 2.21. The van der Waals surface area contributed by atoms with Crippen LogP contribution in [0.5, 0.6) is 5.75 Å². The van der Waals surface area contributed by atoms with Crippen LogP contribution in [0.1, 0.15) is 35.6 Å². The molecule has 2 aromatic carbocycles. The summed E-state index contributed by atoms with van der Waals surface area (Å²) in [6, 6.07) is 15.4. The minimum atomic E-state index is -0.558. The zero-order valence-corrected chi connectivity index (χ0v) is 15.3. The topological polar surface area (TPSA) is 64.6 Å². The Bertz CT molecular complexity index is 844. The summed E-state index contributed by atoms with van der Waals surface area (Å²) >= 11 is 0. The van der Waals surface area contributed by atoms with Gasteiger partial charge < -0.3 is 14.8 Å². The average Bonchev–Trinajstić information content (AvgIpc) is 2.71. The van der Waals surface area contributed by atoms with Crippen molar-refractivity contribution in [3.63, 3.8) is 0 Å². The fraction of sp³-hybridized carbons (Fsp3) is 0.273. The van der Waals surface area contributed by atoms with Crippen molar-refractivity contribution in [2.45, 2.75) is 25.3 Å². The molecule has 1 N–H and O–H groups in total. The summed E-state index contributed by atoms with van der Waals surface area (Å²) in [5, 5.41) is 2.96. The van der Waals surface area contributed by atoms with Gasteiger partial charge in [0, 0.05) is 6.08 Å². The molecule has 0 unspecified atom stereocenters. The molecule has 0 saturated carbocycles. The molecule has 0 bridgehead atoms. The number of carbonyl (C=O) groups is 2. The van der Waals surface area contributed by atoms with Crippen molar-refractivity contribution in [3.05, 3.63) is 71.3 Å². The molecule has 0 spiro atoms. The van der Waals surface area contributed by atoms with E-state index in [0.717, 1.165) is 30.4 Å². The quantitative estimate of drug-likeness (QED) is 0.629. The molecule has 0 saturated heterocycles. The van der Waals surface area contributed by atoms with Gasteiger partial charge in [-0.1, -0.05) is 36.4 Å². The number of fused-ring (bicyclic) bond motifs is 1. The number of benzene rings is 2. The Morgan fingerprint density at radius 1 is 1.19 bits per heavy atom. The van der Waals surface area contributed by atoms with Crippen LogP contribution in [0, 0.1) is 0 Å². The van der Waals surface area contributed by atoms with E-state index in [1.54, 1.807) is 19.3 Å². The third-order valence-electron chi connectivity index (χ3n) is 4.56. The van der Waals surface area contributed by atoms with E-state index in [0.29, 0.717) is 5.75 Å². The van der Waals surface area contributed by atoms with Crippen LogP contribution in [-0.2, 0) is 20.7 Å². The number of hydrogen-bond acceptors (Lipinski definition) is 4. The zero-order valence-electron chi connectivity index (χ0n) is 15.3. The maximum Gasteiger partial charge on any atom is 0.331 e. The number of esters is 1. The lowest BCUT2D eigenvalue weighted by molar-refractivity contribution is -0.144. The highest BCUT2D eigenvalue weighted by Crippen LogP contribution is 2.29. The molecule has 1 aliphatic carbocycles. The first kappa shape index (κ1) is 18.7. The molecule has 0 radical (unpaired) electrons. The summed E-state index contributed by atoms with van der Waals surface area (Å²) < 4.78 is 10.2. The lowest BCUT2D eigenvalue weighted by Gasteiger charge is -2.26. The van der Waals surface area contributed by atoms with Crippen molar-refractivity contribution < 1.29 is 19.1 Å². The zero-order chi connectivity index (χ0) is 19.1. The minimum Gasteiger partial charge on any atom is -0.497 e. The molecule has 27 heavy (non-hydrogen) atoms. The number of hydrogen-bond donors (Lipinski definition) is 1. The molecule has 5 heteroatoms. The first-order chi connectivity index (χ1) is 13.2. The van der Waals surface area contributed by atoms with Crippen LogP contribution < -0.4 is 10.1 Å². The summed E-state index contributed by atoms with van der Waals surface area (Å²) in [5.41, 5.74) is 3.24. The Morgan fingerprint density at radius 3 is 2.89 bits per heavy atom. The molecule has 2 aromatic rings. The van der Waals surface area contributed by atoms with Crippen molar-refractivity contribution in [1.29, 1.82) is 0 Å². The molecular weight excluding hydrogens is 342 g/mol. The Hall–Kier alpha value is -3.08. The van der Waals surface area contributed by atoms with Gasteiger partial charge in [0.1, 0.15) is 5.75 Å². The predicted molar refractivity (Wildman–Crippen MR) is 103 cm³/mol. The van der Waals surface area contributed by atoms with Gasteiger partial charge in [-0.3, -0.25) is 4.79 Å². The van der Waals surface area contributed by atoms with E-state index >= 15 is 0 Å². The van der Waals surface area contributed by atoms with E-state index < -0.39 is 5.97 Å². The maximum atomic E-state index is 12.2. The van der Waals surface area contributed by atoms with Crippen molar-refractivity contribution in [3.8, 4) is 5.75 Å². The van der Waals surface area contributed by atoms with Crippen LogP contribution in [0.4, 0.5) is 0 Å². The van der Waals surface area contributed by atoms with E-state index in [4.69, 9.17) is 9.47 Å². The summed E-state index contributed by atoms with van der Waals surface area (Å²) in [6.07, 6.45) is 5.89. The van der Waals surface area contributed by atoms with Crippen molar-refractivity contribution in [1.82, 2.24) is 5.32 Å². The molecule has 0 heterocycles. The number of rotatable bonds is 6. The predicted octanol–water partition coefficient (Wildman–Crippen LogP) is 3.45. The standard InChI is InChI=1S/C22H23NO4/c1-26-18-9-4-6-16(14-18)12-13-22(25)27-15-21(24)23-20-11-5-8-17-7-2-3-10-19(17)20/h2-4,6-7,9-10,12-14,20H,5,8,11,15H2,1H3,(H,23,24)/b13-12+/t20-/m1/s1. The summed E-state index contributed by atoms with van der Waals surface area (Å²) in [4.78, 5) is 24.0. The molecular formula is C22H23NO4. The van der Waals surface area contributed by atoms with Gasteiger partial charge in [0.05, 0.1) is 13.2 Å². The number of carbonyl (C=O) groups excluding carboxylic acids is 2. The van der Waals surface area contributed by atoms with E-state index in [1.165, 1.54) is 11.6 Å². The van der Waals surface area contributed by atoms with Crippen LogP contribution in [0.25, 0.3) is 6.08 Å². The summed E-state index contributed by atoms with van der Waals surface area (Å²) in [5.74, 6) is -0.144. The summed E-state index contributed by atoms with van der Waals surface area (Å²) in [6.45, 7) is -0.292. The first-order valence-corrected chi connectivity index (χ1v) is 9.02. The van der Waals surface area contributed by atoms with Crippen LogP contribution in [0.2, 0.25) is 0 Å². The van der Waals surface area contributed by atoms with Crippen molar-refractivity contribution >= 4 is 18.0 Å². The third-order valence-corrected chi connectivity index (χ3v) is 4.56. The fourth-order valence-corrected chi connectivity index (χ4v) is 3.23. The number of nitrogens with one attached hydrogen (secondary N) is 1. The van der Waals surface area contributed by atoms with Crippen LogP contribution in [0.15, 0.2) is 54.6 Å². The van der Waals surface area contributed by atoms with Crippen LogP contribution in [-0.4, -0.2) is 25.6 Å². The minimum absolute atomic E-state index is 0.0199. The number of methoxy groups -OCH3 is 1. The molecule has 140 valence electrons. The second-order valence-corrected chi connectivity index (χ2v) is 6.43. The number of ether oxygens (including phenoxy) is 2. The number of aryl methyl sites for hydroxylation is 1. The Balaban J connectivity index is 1.49. The van der Waals surface area contributed by atoms with E-state index in [1.807, 2.05) is 36.4 Å². The molecule has 3 rings (SSSR count). The smallest absolute Gasteiger partial charge is 0.331 e. The fourth-order valence-electron chi connectivity index (χ4n) is 3.23. The molecule has 0 fully saturated rings. The molecule has 5 nitrogen and oxygen atoms in total. The third kappa shape index (κ3) is 5.20. The molecule has 0 aromatic heterocycles. The molecule has 0 aliphatic heterocycles. The van der Waals surface area contributed by atoms with Gasteiger partial charge in [0.15, 0.2) is 6.61 Å². The lowest BCUT2D eigenvalue weighted by Crippen LogP contribution is -2.34.